The van der Waals surface area contributed by atoms with Gasteiger partial charge in [0.15, 0.2) is 5.78 Å². The Bertz CT molecular complexity index is 1030. The highest BCUT2D eigenvalue weighted by atomic mass is 35.5. The van der Waals surface area contributed by atoms with Gasteiger partial charge in [-0.2, -0.15) is 0 Å². The molecule has 2 aliphatic rings. The molecule has 1 aromatic heterocycles. The van der Waals surface area contributed by atoms with Crippen LogP contribution in [0.1, 0.15) is 65.9 Å². The van der Waals surface area contributed by atoms with Crippen molar-refractivity contribution in [1.29, 1.82) is 0 Å². The first-order valence-corrected chi connectivity index (χ1v) is 11.8. The molecule has 1 saturated heterocycles. The van der Waals surface area contributed by atoms with Crippen molar-refractivity contribution in [3.8, 4) is 0 Å². The number of benzene rings is 1. The van der Waals surface area contributed by atoms with Crippen LogP contribution in [0, 0.1) is 5.41 Å². The normalized spacial score (nSPS) is 22.7. The molecule has 0 unspecified atom stereocenters. The van der Waals surface area contributed by atoms with E-state index in [1.54, 1.807) is 13.2 Å². The monoisotopic (exact) mass is 472 g/mol. The van der Waals surface area contributed by atoms with E-state index in [0.717, 1.165) is 24.9 Å². The van der Waals surface area contributed by atoms with E-state index < -0.39 is 0 Å². The van der Waals surface area contributed by atoms with Crippen LogP contribution in [0.25, 0.3) is 0 Å². The fourth-order valence-electron chi connectivity index (χ4n) is 4.92. The Balaban J connectivity index is 1.34. The number of amides is 2. The van der Waals surface area contributed by atoms with Crippen LogP contribution in [0.4, 0.5) is 5.69 Å². The van der Waals surface area contributed by atoms with Crippen LogP contribution in [0.15, 0.2) is 30.6 Å². The predicted octanol–water partition coefficient (Wildman–Crippen LogP) is 3.77. The quantitative estimate of drug-likeness (QED) is 0.449. The molecule has 9 heteroatoms. The van der Waals surface area contributed by atoms with Crippen LogP contribution >= 0.6 is 11.6 Å². The molecule has 2 fully saturated rings. The molecule has 0 bridgehead atoms. The molecular formula is C24H29ClN4O4. The molecule has 2 amide bonds. The topological polar surface area (TPSA) is 104 Å². The number of carbonyl (C=O) groups is 3. The molecule has 1 aliphatic heterocycles. The molecule has 33 heavy (non-hydrogen) atoms. The third-order valence-corrected chi connectivity index (χ3v) is 7.03. The molecule has 2 aromatic rings. The molecule has 1 aliphatic carbocycles. The lowest BCUT2D eigenvalue weighted by atomic mass is 9.71. The van der Waals surface area contributed by atoms with Gasteiger partial charge in [0.05, 0.1) is 11.7 Å². The van der Waals surface area contributed by atoms with Gasteiger partial charge < -0.3 is 19.9 Å². The third kappa shape index (κ3) is 4.96. The average Bonchev–Trinajstić information content (AvgIpc) is 3.42. The number of H-pyrrole nitrogens is 1. The maximum atomic E-state index is 13.3. The van der Waals surface area contributed by atoms with Gasteiger partial charge in [0.2, 0.25) is 5.91 Å². The summed E-state index contributed by atoms with van der Waals surface area (Å²) in [7, 11) is 1.58. The van der Waals surface area contributed by atoms with Crippen molar-refractivity contribution in [2.75, 3.05) is 25.2 Å². The van der Waals surface area contributed by atoms with Crippen LogP contribution in [-0.4, -0.2) is 53.9 Å². The minimum absolute atomic E-state index is 0.0455. The van der Waals surface area contributed by atoms with E-state index in [0.29, 0.717) is 37.4 Å². The summed E-state index contributed by atoms with van der Waals surface area (Å²) in [6.45, 7) is 1.16. The number of nitrogens with zero attached hydrogens (tertiary/aromatic N) is 2. The molecule has 2 N–H and O–H groups in total. The fourth-order valence-corrected chi connectivity index (χ4v) is 5.11. The Morgan fingerprint density at radius 1 is 1.30 bits per heavy atom. The molecular weight excluding hydrogens is 444 g/mol. The largest absolute Gasteiger partial charge is 0.385 e. The highest BCUT2D eigenvalue weighted by molar-refractivity contribution is 6.31. The summed E-state index contributed by atoms with van der Waals surface area (Å²) in [6, 6.07) is 7.34. The first-order chi connectivity index (χ1) is 15.9. The summed E-state index contributed by atoms with van der Waals surface area (Å²) in [5.41, 5.74) is 0.822. The Hall–Kier alpha value is -2.71. The van der Waals surface area contributed by atoms with Gasteiger partial charge >= 0.3 is 0 Å². The number of ether oxygens (including phenoxy) is 1. The van der Waals surface area contributed by atoms with Crippen LogP contribution in [0.3, 0.4) is 0 Å². The van der Waals surface area contributed by atoms with Gasteiger partial charge in [-0.05, 0) is 56.7 Å². The van der Waals surface area contributed by atoms with E-state index in [1.165, 1.54) is 6.33 Å². The first-order valence-electron chi connectivity index (χ1n) is 11.4. The SMILES string of the molecule is COCCCC(=O)c1nc[nH]c1C(=O)NC1CCC2(CC1)CCN(c1cccc(Cl)c1)C2=O. The molecule has 176 valence electrons. The van der Waals surface area contributed by atoms with Gasteiger partial charge in [0.25, 0.3) is 5.91 Å². The van der Waals surface area contributed by atoms with Crippen LogP contribution < -0.4 is 10.2 Å². The standard InChI is InChI=1S/C24H29ClN4O4/c1-33-13-3-6-19(30)20-21(27-15-26-20)22(31)28-17-7-9-24(10-8-17)11-12-29(23(24)32)18-5-2-4-16(25)14-18/h2,4-5,14-15,17H,3,6-13H2,1H3,(H,26,27)(H,28,31). The number of hydrogen-bond acceptors (Lipinski definition) is 5. The lowest BCUT2D eigenvalue weighted by Crippen LogP contribution is -2.44. The molecule has 1 spiro atoms. The summed E-state index contributed by atoms with van der Waals surface area (Å²) in [6.07, 6.45) is 5.90. The fraction of sp³-hybridized carbons (Fsp3) is 0.500. The first kappa shape index (κ1) is 23.4. The number of halogens is 1. The minimum Gasteiger partial charge on any atom is -0.385 e. The summed E-state index contributed by atoms with van der Waals surface area (Å²) in [4.78, 5) is 47.2. The number of imidazole rings is 1. The van der Waals surface area contributed by atoms with Crippen LogP contribution in [0.5, 0.6) is 0 Å². The number of hydrogen-bond donors (Lipinski definition) is 2. The van der Waals surface area contributed by atoms with Gasteiger partial charge in [-0.25, -0.2) is 4.98 Å². The number of ketones is 1. The maximum Gasteiger partial charge on any atom is 0.270 e. The molecule has 8 nitrogen and oxygen atoms in total. The molecule has 2 heterocycles. The summed E-state index contributed by atoms with van der Waals surface area (Å²) >= 11 is 6.11. The molecule has 1 saturated carbocycles. The van der Waals surface area contributed by atoms with E-state index in [2.05, 4.69) is 15.3 Å². The van der Waals surface area contributed by atoms with Crippen molar-refractivity contribution in [3.05, 3.63) is 47.0 Å². The molecule has 1 aromatic carbocycles. The molecule has 0 atom stereocenters. The number of anilines is 1. The van der Waals surface area contributed by atoms with Gasteiger partial charge in [-0.15, -0.1) is 0 Å². The van der Waals surface area contributed by atoms with E-state index >= 15 is 0 Å². The Labute approximate surface area is 198 Å². The second-order valence-corrected chi connectivity index (χ2v) is 9.30. The van der Waals surface area contributed by atoms with Crippen LogP contribution in [-0.2, 0) is 9.53 Å². The van der Waals surface area contributed by atoms with Gasteiger partial charge in [-0.1, -0.05) is 17.7 Å². The Kier molecular flexibility index (Phi) is 7.14. The number of nitrogens with one attached hydrogen (secondary N) is 2. The highest BCUT2D eigenvalue weighted by Gasteiger charge is 2.48. The van der Waals surface area contributed by atoms with E-state index in [-0.39, 0.29) is 46.9 Å². The maximum absolute atomic E-state index is 13.3. The lowest BCUT2D eigenvalue weighted by Gasteiger charge is -2.36. The van der Waals surface area contributed by atoms with Crippen molar-refractivity contribution in [2.45, 2.75) is 51.0 Å². The van der Waals surface area contributed by atoms with E-state index in [9.17, 15) is 14.4 Å². The predicted molar refractivity (Wildman–Crippen MR) is 125 cm³/mol. The number of carbonyl (C=O) groups excluding carboxylic acids is 3. The van der Waals surface area contributed by atoms with Crippen molar-refractivity contribution in [1.82, 2.24) is 15.3 Å². The minimum atomic E-state index is -0.375. The zero-order valence-electron chi connectivity index (χ0n) is 18.7. The number of methoxy groups -OCH3 is 1. The van der Waals surface area contributed by atoms with E-state index in [4.69, 9.17) is 16.3 Å². The van der Waals surface area contributed by atoms with Crippen LogP contribution in [0.2, 0.25) is 5.02 Å². The summed E-state index contributed by atoms with van der Waals surface area (Å²) in [5, 5.41) is 3.64. The zero-order valence-corrected chi connectivity index (χ0v) is 19.5. The average molecular weight is 473 g/mol. The summed E-state index contributed by atoms with van der Waals surface area (Å²) < 4.78 is 4.98. The molecule has 4 rings (SSSR count). The zero-order chi connectivity index (χ0) is 23.4. The van der Waals surface area contributed by atoms with E-state index in [1.807, 2.05) is 23.1 Å². The van der Waals surface area contributed by atoms with Crippen molar-refractivity contribution < 1.29 is 19.1 Å². The summed E-state index contributed by atoms with van der Waals surface area (Å²) in [5.74, 6) is -0.368. The highest BCUT2D eigenvalue weighted by Crippen LogP contribution is 2.46. The number of aromatic nitrogens is 2. The van der Waals surface area contributed by atoms with Gasteiger partial charge in [-0.3, -0.25) is 14.4 Å². The van der Waals surface area contributed by atoms with Crippen molar-refractivity contribution in [2.24, 2.45) is 5.41 Å². The number of rotatable bonds is 8. The Morgan fingerprint density at radius 2 is 2.09 bits per heavy atom. The molecule has 0 radical (unpaired) electrons. The Morgan fingerprint density at radius 3 is 2.82 bits per heavy atom. The van der Waals surface area contributed by atoms with Gasteiger partial charge in [0.1, 0.15) is 11.4 Å². The second kappa shape index (κ2) is 10.1. The van der Waals surface area contributed by atoms with Gasteiger partial charge in [0, 0.05) is 43.4 Å². The van der Waals surface area contributed by atoms with Crippen molar-refractivity contribution in [3.63, 3.8) is 0 Å². The second-order valence-electron chi connectivity index (χ2n) is 8.86. The number of aromatic amines is 1. The van der Waals surface area contributed by atoms with Crippen molar-refractivity contribution >= 4 is 34.9 Å². The smallest absolute Gasteiger partial charge is 0.270 e. The number of Topliss-reactive ketones (excluding diaryl/α,β-unsaturated/α-hetero) is 1. The third-order valence-electron chi connectivity index (χ3n) is 6.79. The lowest BCUT2D eigenvalue weighted by molar-refractivity contribution is -0.127.